The molecule has 4 fully saturated rings. The number of hydrogen-bond acceptors (Lipinski definition) is 4. The molecule has 0 aromatic heterocycles. The van der Waals surface area contributed by atoms with Gasteiger partial charge >= 0.3 is 0 Å². The highest BCUT2D eigenvalue weighted by atomic mass is 35.5. The number of amides is 2. The van der Waals surface area contributed by atoms with Crippen molar-refractivity contribution >= 4 is 23.4 Å². The Hall–Kier alpha value is -1.63. The lowest BCUT2D eigenvalue weighted by Crippen LogP contribution is -2.56. The minimum Gasteiger partial charge on any atom is -0.348 e. The van der Waals surface area contributed by atoms with Crippen molar-refractivity contribution in [3.63, 3.8) is 0 Å². The maximum atomic E-state index is 13.4. The van der Waals surface area contributed by atoms with Crippen LogP contribution in [0.15, 0.2) is 24.3 Å². The third-order valence-corrected chi connectivity index (χ3v) is 9.02. The van der Waals surface area contributed by atoms with E-state index in [2.05, 4.69) is 28.2 Å². The maximum Gasteiger partial charge on any atom is 0.243 e. The Bertz CT molecular complexity index is 866. The zero-order valence-electron chi connectivity index (χ0n) is 20.5. The van der Waals surface area contributed by atoms with Crippen molar-refractivity contribution in [3.8, 4) is 0 Å². The third-order valence-electron chi connectivity index (χ3n) is 8.78. The van der Waals surface area contributed by atoms with Crippen molar-refractivity contribution in [1.29, 1.82) is 0 Å². The Kier molecular flexibility index (Phi) is 7.19. The van der Waals surface area contributed by atoms with Crippen LogP contribution < -0.4 is 5.32 Å². The summed E-state index contributed by atoms with van der Waals surface area (Å²) in [6, 6.07) is 7.97. The molecule has 3 saturated heterocycles. The van der Waals surface area contributed by atoms with Crippen molar-refractivity contribution in [2.24, 2.45) is 5.92 Å². The van der Waals surface area contributed by atoms with Gasteiger partial charge in [-0.3, -0.25) is 14.5 Å². The van der Waals surface area contributed by atoms with Gasteiger partial charge in [0, 0.05) is 43.8 Å². The van der Waals surface area contributed by atoms with Crippen LogP contribution in [0.25, 0.3) is 0 Å². The topological polar surface area (TPSA) is 55.9 Å². The van der Waals surface area contributed by atoms with Crippen LogP contribution in [-0.2, 0) is 16.1 Å². The molecule has 1 saturated carbocycles. The number of nitrogens with one attached hydrogen (secondary N) is 1. The summed E-state index contributed by atoms with van der Waals surface area (Å²) in [6.45, 7) is 4.38. The average Bonchev–Trinajstić information content (AvgIpc) is 3.24. The Morgan fingerprint density at radius 3 is 2.65 bits per heavy atom. The summed E-state index contributed by atoms with van der Waals surface area (Å²) in [7, 11) is 2.19. The molecule has 7 heteroatoms. The lowest BCUT2D eigenvalue weighted by molar-refractivity contribution is -0.135. The fourth-order valence-electron chi connectivity index (χ4n) is 6.70. The van der Waals surface area contributed by atoms with Crippen molar-refractivity contribution in [2.75, 3.05) is 33.2 Å². The number of carbonyl (C=O) groups excluding carboxylic acids is 2. The van der Waals surface area contributed by atoms with Crippen LogP contribution in [0.5, 0.6) is 0 Å². The van der Waals surface area contributed by atoms with E-state index in [-0.39, 0.29) is 23.9 Å². The number of likely N-dealkylation sites (N-methyl/N-ethyl adjacent to an activating group) is 1. The van der Waals surface area contributed by atoms with Crippen LogP contribution >= 0.6 is 11.6 Å². The lowest BCUT2D eigenvalue weighted by atomic mass is 9.83. The number of hydrogen-bond donors (Lipinski definition) is 1. The summed E-state index contributed by atoms with van der Waals surface area (Å²) in [5.41, 5.74) is 0.806. The van der Waals surface area contributed by atoms with E-state index in [9.17, 15) is 9.59 Å². The fraction of sp³-hybridized carbons (Fsp3) is 0.704. The Balaban J connectivity index is 1.17. The smallest absolute Gasteiger partial charge is 0.243 e. The van der Waals surface area contributed by atoms with Crippen molar-refractivity contribution < 1.29 is 9.59 Å². The van der Waals surface area contributed by atoms with Gasteiger partial charge in [-0.15, -0.1) is 0 Å². The van der Waals surface area contributed by atoms with Crippen molar-refractivity contribution in [2.45, 2.75) is 82.0 Å². The fourth-order valence-corrected chi connectivity index (χ4v) is 6.91. The number of fused-ring (bicyclic) bond motifs is 1. The van der Waals surface area contributed by atoms with Crippen LogP contribution in [0.1, 0.15) is 63.4 Å². The Morgan fingerprint density at radius 1 is 1.15 bits per heavy atom. The number of halogens is 1. The van der Waals surface area contributed by atoms with Gasteiger partial charge in [0.15, 0.2) is 0 Å². The number of benzene rings is 1. The van der Waals surface area contributed by atoms with Gasteiger partial charge in [0.05, 0.1) is 12.0 Å². The number of carbonyl (C=O) groups is 2. The molecule has 6 nitrogen and oxygen atoms in total. The van der Waals surface area contributed by atoms with E-state index < -0.39 is 5.54 Å². The SMILES string of the molecule is CN(CC1CCCCC1)[C@H]1C[C@H]2C(=O)NC3(CCN(Cc4cccc(Cl)c4)CC3)CC(=O)N2C1. The first-order valence-corrected chi connectivity index (χ1v) is 13.6. The first kappa shape index (κ1) is 24.1. The monoisotopic (exact) mass is 486 g/mol. The quantitative estimate of drug-likeness (QED) is 0.689. The highest BCUT2D eigenvalue weighted by Gasteiger charge is 2.49. The van der Waals surface area contributed by atoms with Crippen molar-refractivity contribution in [1.82, 2.24) is 20.0 Å². The van der Waals surface area contributed by atoms with Gasteiger partial charge in [-0.25, -0.2) is 0 Å². The van der Waals surface area contributed by atoms with E-state index in [1.54, 1.807) is 0 Å². The van der Waals surface area contributed by atoms with E-state index in [4.69, 9.17) is 11.6 Å². The third kappa shape index (κ3) is 5.29. The summed E-state index contributed by atoms with van der Waals surface area (Å²) in [5.74, 6) is 0.979. The van der Waals surface area contributed by atoms with Gasteiger partial charge in [0.1, 0.15) is 6.04 Å². The van der Waals surface area contributed by atoms with Crippen molar-refractivity contribution in [3.05, 3.63) is 34.9 Å². The highest BCUT2D eigenvalue weighted by molar-refractivity contribution is 6.30. The van der Waals surface area contributed by atoms with Crippen LogP contribution in [0.2, 0.25) is 5.02 Å². The zero-order chi connectivity index (χ0) is 23.7. The summed E-state index contributed by atoms with van der Waals surface area (Å²) in [6.07, 6.45) is 9.52. The summed E-state index contributed by atoms with van der Waals surface area (Å²) in [4.78, 5) is 33.4. The zero-order valence-corrected chi connectivity index (χ0v) is 21.2. The number of piperidine rings is 1. The number of likely N-dealkylation sites (tertiary alicyclic amines) is 1. The second-order valence-corrected chi connectivity index (χ2v) is 11.7. The van der Waals surface area contributed by atoms with Gasteiger partial charge in [0.2, 0.25) is 11.8 Å². The number of rotatable bonds is 5. The second kappa shape index (κ2) is 10.2. The minimum absolute atomic E-state index is 0.0581. The predicted molar refractivity (Wildman–Crippen MR) is 135 cm³/mol. The summed E-state index contributed by atoms with van der Waals surface area (Å²) >= 11 is 6.14. The van der Waals surface area contributed by atoms with E-state index in [0.29, 0.717) is 13.0 Å². The van der Waals surface area contributed by atoms with E-state index >= 15 is 0 Å². The molecule has 5 rings (SSSR count). The summed E-state index contributed by atoms with van der Waals surface area (Å²) in [5, 5.41) is 4.12. The molecule has 0 unspecified atom stereocenters. The van der Waals surface area contributed by atoms with E-state index in [0.717, 1.165) is 56.4 Å². The minimum atomic E-state index is -0.396. The van der Waals surface area contributed by atoms with Crippen LogP contribution in [0.4, 0.5) is 0 Å². The summed E-state index contributed by atoms with van der Waals surface area (Å²) < 4.78 is 0. The molecule has 1 aromatic rings. The van der Waals surface area contributed by atoms with Crippen LogP contribution in [-0.4, -0.2) is 77.4 Å². The predicted octanol–water partition coefficient (Wildman–Crippen LogP) is 3.68. The molecule has 186 valence electrons. The molecule has 3 heterocycles. The Labute approximate surface area is 209 Å². The first-order chi connectivity index (χ1) is 16.4. The van der Waals surface area contributed by atoms with Crippen LogP contribution in [0.3, 0.4) is 0 Å². The molecule has 4 aliphatic rings. The van der Waals surface area contributed by atoms with Crippen LogP contribution in [0, 0.1) is 5.92 Å². The molecule has 34 heavy (non-hydrogen) atoms. The van der Waals surface area contributed by atoms with Gasteiger partial charge < -0.3 is 15.1 Å². The molecule has 1 aliphatic carbocycles. The van der Waals surface area contributed by atoms with Gasteiger partial charge in [0.25, 0.3) is 0 Å². The largest absolute Gasteiger partial charge is 0.348 e. The molecule has 1 spiro atoms. The average molecular weight is 487 g/mol. The molecule has 3 aliphatic heterocycles. The molecular weight excluding hydrogens is 448 g/mol. The van der Waals surface area contributed by atoms with Gasteiger partial charge in [-0.2, -0.15) is 0 Å². The molecule has 0 bridgehead atoms. The molecule has 1 N–H and O–H groups in total. The standard InChI is InChI=1S/C27H39ClN4O2/c1-30(17-20-6-3-2-4-7-20)23-15-24-26(34)29-27(16-25(33)32(24)19-23)10-12-31(13-11-27)18-21-8-5-9-22(28)14-21/h5,8-9,14,20,23-24H,2-4,6-7,10-13,15-19H2,1H3,(H,29,34)/t23-,24-/m0/s1. The van der Waals surface area contributed by atoms with Gasteiger partial charge in [-0.05, 0) is 62.8 Å². The molecule has 2 atom stereocenters. The molecule has 0 radical (unpaired) electrons. The van der Waals surface area contributed by atoms with E-state index in [1.807, 2.05) is 23.1 Å². The Morgan fingerprint density at radius 2 is 1.91 bits per heavy atom. The lowest BCUT2D eigenvalue weighted by Gasteiger charge is -2.41. The highest BCUT2D eigenvalue weighted by Crippen LogP contribution is 2.34. The number of nitrogens with zero attached hydrogens (tertiary/aromatic N) is 3. The van der Waals surface area contributed by atoms with E-state index in [1.165, 1.54) is 37.7 Å². The van der Waals surface area contributed by atoms with Gasteiger partial charge in [-0.1, -0.05) is 43.0 Å². The maximum absolute atomic E-state index is 13.4. The molecule has 2 amide bonds. The molecule has 1 aromatic carbocycles. The molecular formula is C27H39ClN4O2. The normalized spacial score (nSPS) is 28.3. The second-order valence-electron chi connectivity index (χ2n) is 11.2. The first-order valence-electron chi connectivity index (χ1n) is 13.2.